The Morgan fingerprint density at radius 3 is 2.43 bits per heavy atom. The fourth-order valence-electron chi connectivity index (χ4n) is 2.46. The van der Waals surface area contributed by atoms with E-state index in [4.69, 9.17) is 10.2 Å². The molecule has 2 aromatic carbocycles. The highest BCUT2D eigenvalue weighted by molar-refractivity contribution is 5.81. The molecule has 0 amide bonds. The van der Waals surface area contributed by atoms with E-state index in [0.29, 0.717) is 5.76 Å². The fourth-order valence-corrected chi connectivity index (χ4v) is 2.46. The number of rotatable bonds is 3. The van der Waals surface area contributed by atoms with Crippen molar-refractivity contribution in [1.29, 1.82) is 0 Å². The fraction of sp³-hybridized carbons (Fsp3) is 0.176. The summed E-state index contributed by atoms with van der Waals surface area (Å²) in [4.78, 5) is 0. The topological polar surface area (TPSA) is 39.2 Å². The standard InChI is InChI=1S/C17H15F2NO/c1-10-4-2-5-11-8-16(21-17(10)11)15(20)9-12-13(18)6-3-7-14(12)19/h2-8,15H,9,20H2,1H3. The van der Waals surface area contributed by atoms with Gasteiger partial charge in [-0.25, -0.2) is 8.78 Å². The first-order valence-electron chi connectivity index (χ1n) is 6.74. The molecular weight excluding hydrogens is 272 g/mol. The largest absolute Gasteiger partial charge is 0.459 e. The van der Waals surface area contributed by atoms with Crippen LogP contribution in [0.1, 0.15) is 22.9 Å². The summed E-state index contributed by atoms with van der Waals surface area (Å²) >= 11 is 0. The SMILES string of the molecule is Cc1cccc2cc(C(N)Cc3c(F)cccc3F)oc12. The molecule has 0 spiro atoms. The summed E-state index contributed by atoms with van der Waals surface area (Å²) in [7, 11) is 0. The van der Waals surface area contributed by atoms with E-state index >= 15 is 0 Å². The third kappa shape index (κ3) is 2.54. The zero-order valence-corrected chi connectivity index (χ0v) is 11.6. The summed E-state index contributed by atoms with van der Waals surface area (Å²) in [5.74, 6) is -0.641. The average molecular weight is 287 g/mol. The van der Waals surface area contributed by atoms with Crippen LogP contribution in [0.3, 0.4) is 0 Å². The summed E-state index contributed by atoms with van der Waals surface area (Å²) in [6, 6.07) is 10.8. The van der Waals surface area contributed by atoms with E-state index in [1.807, 2.05) is 31.2 Å². The maximum Gasteiger partial charge on any atom is 0.137 e. The normalized spacial score (nSPS) is 12.8. The van der Waals surface area contributed by atoms with Crippen LogP contribution in [0.2, 0.25) is 0 Å². The van der Waals surface area contributed by atoms with E-state index in [0.717, 1.165) is 16.5 Å². The number of hydrogen-bond donors (Lipinski definition) is 1. The third-order valence-electron chi connectivity index (χ3n) is 3.61. The Kier molecular flexibility index (Phi) is 3.47. The number of benzene rings is 2. The third-order valence-corrected chi connectivity index (χ3v) is 3.61. The Bertz CT molecular complexity index is 774. The summed E-state index contributed by atoms with van der Waals surface area (Å²) in [6.45, 7) is 1.94. The Morgan fingerprint density at radius 2 is 1.76 bits per heavy atom. The summed E-state index contributed by atoms with van der Waals surface area (Å²) in [5.41, 5.74) is 7.80. The van der Waals surface area contributed by atoms with E-state index in [1.54, 1.807) is 0 Å². The van der Waals surface area contributed by atoms with Crippen LogP contribution in [-0.4, -0.2) is 0 Å². The van der Waals surface area contributed by atoms with Gasteiger partial charge in [-0.3, -0.25) is 0 Å². The van der Waals surface area contributed by atoms with Crippen LogP contribution in [0.25, 0.3) is 11.0 Å². The molecule has 1 aromatic heterocycles. The van der Waals surface area contributed by atoms with Gasteiger partial charge in [-0.15, -0.1) is 0 Å². The molecule has 1 heterocycles. The van der Waals surface area contributed by atoms with Gasteiger partial charge in [0.25, 0.3) is 0 Å². The molecule has 0 radical (unpaired) electrons. The molecule has 1 atom stereocenters. The van der Waals surface area contributed by atoms with Crippen LogP contribution in [0.5, 0.6) is 0 Å². The number of para-hydroxylation sites is 1. The molecule has 0 aliphatic heterocycles. The van der Waals surface area contributed by atoms with E-state index in [-0.39, 0.29) is 12.0 Å². The van der Waals surface area contributed by atoms with Gasteiger partial charge >= 0.3 is 0 Å². The van der Waals surface area contributed by atoms with Crippen molar-refractivity contribution in [2.45, 2.75) is 19.4 Å². The first-order chi connectivity index (χ1) is 10.1. The summed E-state index contributed by atoms with van der Waals surface area (Å²) in [6.07, 6.45) is 0.0530. The Morgan fingerprint density at radius 1 is 1.10 bits per heavy atom. The molecule has 21 heavy (non-hydrogen) atoms. The average Bonchev–Trinajstić information content (AvgIpc) is 2.88. The Hall–Kier alpha value is -2.20. The summed E-state index contributed by atoms with van der Waals surface area (Å²) < 4.78 is 33.1. The van der Waals surface area contributed by atoms with Crippen LogP contribution in [0.4, 0.5) is 8.78 Å². The molecular formula is C17H15F2NO. The van der Waals surface area contributed by atoms with Gasteiger partial charge < -0.3 is 10.2 Å². The number of fused-ring (bicyclic) bond motifs is 1. The highest BCUT2D eigenvalue weighted by Crippen LogP contribution is 2.28. The number of nitrogens with two attached hydrogens (primary N) is 1. The molecule has 0 saturated heterocycles. The van der Waals surface area contributed by atoms with Gasteiger partial charge in [-0.1, -0.05) is 24.3 Å². The maximum absolute atomic E-state index is 13.7. The molecule has 1 unspecified atom stereocenters. The molecule has 0 aliphatic rings. The predicted octanol–water partition coefficient (Wildman–Crippen LogP) is 4.26. The van der Waals surface area contributed by atoms with Crippen molar-refractivity contribution in [3.8, 4) is 0 Å². The van der Waals surface area contributed by atoms with E-state index < -0.39 is 17.7 Å². The lowest BCUT2D eigenvalue weighted by Crippen LogP contribution is -2.14. The van der Waals surface area contributed by atoms with Crippen molar-refractivity contribution >= 4 is 11.0 Å². The van der Waals surface area contributed by atoms with E-state index in [2.05, 4.69) is 0 Å². The first-order valence-corrected chi connectivity index (χ1v) is 6.74. The second kappa shape index (κ2) is 5.30. The molecule has 3 aromatic rings. The van der Waals surface area contributed by atoms with Crippen LogP contribution >= 0.6 is 0 Å². The lowest BCUT2D eigenvalue weighted by atomic mass is 10.0. The maximum atomic E-state index is 13.7. The molecule has 0 aliphatic carbocycles. The van der Waals surface area contributed by atoms with Crippen LogP contribution < -0.4 is 5.73 Å². The lowest BCUT2D eigenvalue weighted by molar-refractivity contribution is 0.475. The number of furan rings is 1. The van der Waals surface area contributed by atoms with Gasteiger partial charge in [-0.2, -0.15) is 0 Å². The van der Waals surface area contributed by atoms with Gasteiger partial charge in [0.1, 0.15) is 23.0 Å². The molecule has 2 nitrogen and oxygen atoms in total. The van der Waals surface area contributed by atoms with Gasteiger partial charge in [0, 0.05) is 17.4 Å². The van der Waals surface area contributed by atoms with Crippen molar-refractivity contribution in [2.24, 2.45) is 5.73 Å². The van der Waals surface area contributed by atoms with Crippen molar-refractivity contribution in [3.05, 3.63) is 71.0 Å². The van der Waals surface area contributed by atoms with Crippen molar-refractivity contribution < 1.29 is 13.2 Å². The zero-order valence-electron chi connectivity index (χ0n) is 11.6. The molecule has 2 N–H and O–H groups in total. The monoisotopic (exact) mass is 287 g/mol. The molecule has 3 rings (SSSR count). The van der Waals surface area contributed by atoms with E-state index in [9.17, 15) is 8.78 Å². The summed E-state index contributed by atoms with van der Waals surface area (Å²) in [5, 5.41) is 0.939. The highest BCUT2D eigenvalue weighted by atomic mass is 19.1. The van der Waals surface area contributed by atoms with Crippen molar-refractivity contribution in [3.63, 3.8) is 0 Å². The zero-order chi connectivity index (χ0) is 15.0. The van der Waals surface area contributed by atoms with Gasteiger partial charge in [0.2, 0.25) is 0 Å². The van der Waals surface area contributed by atoms with Crippen molar-refractivity contribution in [1.82, 2.24) is 0 Å². The van der Waals surface area contributed by atoms with Gasteiger partial charge in [0.15, 0.2) is 0 Å². The molecule has 0 saturated carbocycles. The first kappa shape index (κ1) is 13.8. The van der Waals surface area contributed by atoms with Crippen LogP contribution in [-0.2, 0) is 6.42 Å². The quantitative estimate of drug-likeness (QED) is 0.781. The number of aryl methyl sites for hydroxylation is 1. The van der Waals surface area contributed by atoms with E-state index in [1.165, 1.54) is 18.2 Å². The second-order valence-corrected chi connectivity index (χ2v) is 5.15. The van der Waals surface area contributed by atoms with Crippen molar-refractivity contribution in [2.75, 3.05) is 0 Å². The number of halogens is 2. The highest BCUT2D eigenvalue weighted by Gasteiger charge is 2.18. The van der Waals surface area contributed by atoms with Gasteiger partial charge in [0.05, 0.1) is 6.04 Å². The minimum absolute atomic E-state index is 0.0119. The molecule has 4 heteroatoms. The predicted molar refractivity (Wildman–Crippen MR) is 77.9 cm³/mol. The smallest absolute Gasteiger partial charge is 0.137 e. The minimum Gasteiger partial charge on any atom is -0.459 e. The minimum atomic E-state index is -0.594. The molecule has 0 fully saturated rings. The van der Waals surface area contributed by atoms with Gasteiger partial charge in [-0.05, 0) is 30.7 Å². The number of hydrogen-bond acceptors (Lipinski definition) is 2. The Labute approximate surface area is 121 Å². The second-order valence-electron chi connectivity index (χ2n) is 5.15. The molecule has 108 valence electrons. The lowest BCUT2D eigenvalue weighted by Gasteiger charge is -2.10. The van der Waals surface area contributed by atoms with Crippen LogP contribution in [0, 0.1) is 18.6 Å². The molecule has 0 bridgehead atoms. The van der Waals surface area contributed by atoms with Crippen LogP contribution in [0.15, 0.2) is 46.9 Å². The Balaban J connectivity index is 1.94.